The fraction of sp³-hybridized carbons (Fsp3) is 0.133. The Morgan fingerprint density at radius 1 is 1.25 bits per heavy atom. The number of carbonyl (C=O) groups excluding carboxylic acids is 1. The number of carboxylic acids is 1. The number of nitrogens with zero attached hydrogens (tertiary/aromatic N) is 1. The number of aromatic amines is 1. The number of H-pyrrole nitrogens is 1. The van der Waals surface area contributed by atoms with Gasteiger partial charge in [-0.2, -0.15) is 5.10 Å². The third-order valence-electron chi connectivity index (χ3n) is 3.51. The van der Waals surface area contributed by atoms with Crippen LogP contribution in [0.15, 0.2) is 38.4 Å². The number of hydrazone groups is 1. The van der Waals surface area contributed by atoms with Crippen molar-refractivity contribution in [3.8, 4) is 0 Å². The van der Waals surface area contributed by atoms with E-state index in [2.05, 4.69) is 52.7 Å². The largest absolute Gasteiger partial charge is 0.478 e. The van der Waals surface area contributed by atoms with Crippen molar-refractivity contribution in [2.45, 2.75) is 6.42 Å². The Labute approximate surface area is 153 Å². The maximum absolute atomic E-state index is 12.1. The number of benzene rings is 1. The van der Waals surface area contributed by atoms with Crippen LogP contribution in [-0.4, -0.2) is 34.2 Å². The van der Waals surface area contributed by atoms with E-state index in [9.17, 15) is 9.59 Å². The van der Waals surface area contributed by atoms with Crippen LogP contribution in [0.5, 0.6) is 0 Å². The summed E-state index contributed by atoms with van der Waals surface area (Å²) in [5.74, 6) is -1.17. The summed E-state index contributed by atoms with van der Waals surface area (Å²) in [6.45, 7) is 0.476. The number of fused-ring (bicyclic) bond motifs is 1. The number of aromatic nitrogens is 1. The number of halogens is 2. The van der Waals surface area contributed by atoms with Gasteiger partial charge in [0, 0.05) is 18.5 Å². The van der Waals surface area contributed by atoms with Crippen LogP contribution in [0.4, 0.5) is 5.69 Å². The van der Waals surface area contributed by atoms with Crippen LogP contribution in [0, 0.1) is 0 Å². The molecule has 1 aliphatic heterocycles. The normalized spacial score (nSPS) is 15.6. The van der Waals surface area contributed by atoms with E-state index >= 15 is 0 Å². The maximum Gasteiger partial charge on any atom is 0.335 e. The van der Waals surface area contributed by atoms with Crippen LogP contribution >= 0.6 is 31.9 Å². The SMILES string of the molecule is O=C(O)c1ccc(N/N=C2\CCNC(=O)c3[nH]c(Br)c(Br)c32)cc1. The van der Waals surface area contributed by atoms with E-state index in [0.717, 1.165) is 4.47 Å². The molecule has 24 heavy (non-hydrogen) atoms. The number of carboxylic acid groups (broad SMARTS) is 1. The summed E-state index contributed by atoms with van der Waals surface area (Å²) in [7, 11) is 0. The molecule has 9 heteroatoms. The van der Waals surface area contributed by atoms with E-state index in [-0.39, 0.29) is 11.5 Å². The fourth-order valence-electron chi connectivity index (χ4n) is 2.33. The van der Waals surface area contributed by atoms with Crippen molar-refractivity contribution in [3.05, 3.63) is 50.2 Å². The Kier molecular flexibility index (Phi) is 4.72. The van der Waals surface area contributed by atoms with Crippen molar-refractivity contribution in [1.82, 2.24) is 10.3 Å². The van der Waals surface area contributed by atoms with Crippen LogP contribution in [-0.2, 0) is 0 Å². The smallest absolute Gasteiger partial charge is 0.335 e. The number of hydrogen-bond donors (Lipinski definition) is 4. The van der Waals surface area contributed by atoms with Crippen molar-refractivity contribution in [3.63, 3.8) is 0 Å². The highest BCUT2D eigenvalue weighted by Gasteiger charge is 2.26. The molecule has 1 amide bonds. The first-order chi connectivity index (χ1) is 11.5. The summed E-state index contributed by atoms with van der Waals surface area (Å²) in [5.41, 5.74) is 5.61. The highest BCUT2D eigenvalue weighted by Crippen LogP contribution is 2.31. The van der Waals surface area contributed by atoms with Gasteiger partial charge in [-0.25, -0.2) is 4.79 Å². The van der Waals surface area contributed by atoms with Gasteiger partial charge < -0.3 is 15.4 Å². The Morgan fingerprint density at radius 2 is 1.96 bits per heavy atom. The molecular formula is C15H12Br2N4O3. The minimum absolute atomic E-state index is 0.188. The number of amides is 1. The molecule has 0 unspecified atom stereocenters. The average Bonchev–Trinajstić information content (AvgIpc) is 2.77. The zero-order chi connectivity index (χ0) is 17.3. The first kappa shape index (κ1) is 16.7. The Bertz CT molecular complexity index is 843. The molecule has 0 fully saturated rings. The fourth-order valence-corrected chi connectivity index (χ4v) is 3.25. The predicted molar refractivity (Wildman–Crippen MR) is 96.7 cm³/mol. The van der Waals surface area contributed by atoms with E-state index in [1.807, 2.05) is 0 Å². The van der Waals surface area contributed by atoms with Crippen molar-refractivity contribution in [1.29, 1.82) is 0 Å². The molecular weight excluding hydrogens is 444 g/mol. The molecule has 1 aromatic heterocycles. The van der Waals surface area contributed by atoms with Crippen LogP contribution < -0.4 is 10.7 Å². The molecule has 0 atom stereocenters. The van der Waals surface area contributed by atoms with Gasteiger partial charge in [0.15, 0.2) is 0 Å². The maximum atomic E-state index is 12.1. The van der Waals surface area contributed by atoms with Gasteiger partial charge in [0.1, 0.15) is 5.69 Å². The van der Waals surface area contributed by atoms with Crippen LogP contribution in [0.3, 0.4) is 0 Å². The second kappa shape index (κ2) is 6.78. The van der Waals surface area contributed by atoms with Gasteiger partial charge in [-0.05, 0) is 56.1 Å². The van der Waals surface area contributed by atoms with Crippen LogP contribution in [0.1, 0.15) is 32.8 Å². The molecule has 0 bridgehead atoms. The molecule has 0 spiro atoms. The number of hydrogen-bond acceptors (Lipinski definition) is 4. The van der Waals surface area contributed by atoms with E-state index in [1.54, 1.807) is 12.1 Å². The summed E-state index contributed by atoms with van der Waals surface area (Å²) in [5, 5.41) is 16.1. The molecule has 0 saturated carbocycles. The van der Waals surface area contributed by atoms with E-state index in [4.69, 9.17) is 5.11 Å². The van der Waals surface area contributed by atoms with E-state index in [1.165, 1.54) is 12.1 Å². The quantitative estimate of drug-likeness (QED) is 0.533. The summed E-state index contributed by atoms with van der Waals surface area (Å²) in [6.07, 6.45) is 0.557. The van der Waals surface area contributed by atoms with Gasteiger partial charge >= 0.3 is 5.97 Å². The molecule has 0 aliphatic carbocycles. The average molecular weight is 456 g/mol. The predicted octanol–water partition coefficient (Wildman–Crippen LogP) is 3.19. The Balaban J connectivity index is 1.91. The lowest BCUT2D eigenvalue weighted by Gasteiger charge is -2.06. The lowest BCUT2D eigenvalue weighted by atomic mass is 10.1. The number of anilines is 1. The molecule has 0 saturated heterocycles. The summed E-state index contributed by atoms with van der Waals surface area (Å²) in [6, 6.07) is 6.27. The lowest BCUT2D eigenvalue weighted by molar-refractivity contribution is 0.0696. The Hall–Kier alpha value is -2.13. The molecule has 2 heterocycles. The number of rotatable bonds is 3. The third kappa shape index (κ3) is 3.22. The molecule has 3 rings (SSSR count). The summed E-state index contributed by atoms with van der Waals surface area (Å²) >= 11 is 6.82. The van der Waals surface area contributed by atoms with Crippen molar-refractivity contribution >= 4 is 55.1 Å². The lowest BCUT2D eigenvalue weighted by Crippen LogP contribution is -2.23. The number of carbonyl (C=O) groups is 2. The molecule has 1 aliphatic rings. The molecule has 2 aromatic rings. The minimum Gasteiger partial charge on any atom is -0.478 e. The highest BCUT2D eigenvalue weighted by molar-refractivity contribution is 9.13. The second-order valence-electron chi connectivity index (χ2n) is 5.06. The molecule has 1 aromatic carbocycles. The van der Waals surface area contributed by atoms with E-state index in [0.29, 0.717) is 40.2 Å². The summed E-state index contributed by atoms with van der Waals surface area (Å²) in [4.78, 5) is 25.9. The van der Waals surface area contributed by atoms with Crippen LogP contribution in [0.2, 0.25) is 0 Å². The van der Waals surface area contributed by atoms with Crippen LogP contribution in [0.25, 0.3) is 0 Å². The minimum atomic E-state index is -0.980. The van der Waals surface area contributed by atoms with Gasteiger partial charge in [-0.3, -0.25) is 10.2 Å². The van der Waals surface area contributed by atoms with Gasteiger partial charge in [-0.1, -0.05) is 0 Å². The molecule has 0 radical (unpaired) electrons. The second-order valence-corrected chi connectivity index (χ2v) is 6.65. The first-order valence-corrected chi connectivity index (χ1v) is 8.57. The van der Waals surface area contributed by atoms with Crippen molar-refractivity contribution in [2.75, 3.05) is 12.0 Å². The monoisotopic (exact) mass is 454 g/mol. The first-order valence-electron chi connectivity index (χ1n) is 6.99. The van der Waals surface area contributed by atoms with Gasteiger partial charge in [0.05, 0.1) is 26.0 Å². The van der Waals surface area contributed by atoms with Gasteiger partial charge in [-0.15, -0.1) is 0 Å². The van der Waals surface area contributed by atoms with Crippen molar-refractivity contribution < 1.29 is 14.7 Å². The number of aromatic carboxylic acids is 1. The standard InChI is InChI=1S/C15H12Br2N4O3/c16-11-10-9(5-6-18-14(22)12(10)19-13(11)17)21-20-8-3-1-7(2-4-8)15(23)24/h1-4,19-20H,5-6H2,(H,18,22)(H,23,24)/b21-9+. The van der Waals surface area contributed by atoms with Gasteiger partial charge in [0.25, 0.3) is 5.91 Å². The topological polar surface area (TPSA) is 107 Å². The third-order valence-corrected chi connectivity index (χ3v) is 5.43. The molecule has 124 valence electrons. The zero-order valence-corrected chi connectivity index (χ0v) is 15.4. The Morgan fingerprint density at radius 3 is 2.62 bits per heavy atom. The summed E-state index contributed by atoms with van der Waals surface area (Å²) < 4.78 is 1.40. The highest BCUT2D eigenvalue weighted by atomic mass is 79.9. The number of nitrogens with one attached hydrogen (secondary N) is 3. The molecule has 4 N–H and O–H groups in total. The van der Waals surface area contributed by atoms with Gasteiger partial charge in [0.2, 0.25) is 0 Å². The zero-order valence-electron chi connectivity index (χ0n) is 12.2. The molecule has 7 nitrogen and oxygen atoms in total. The van der Waals surface area contributed by atoms with Crippen molar-refractivity contribution in [2.24, 2.45) is 5.10 Å². The van der Waals surface area contributed by atoms with E-state index < -0.39 is 5.97 Å².